The van der Waals surface area contributed by atoms with Crippen LogP contribution in [0.1, 0.15) is 31.8 Å². The molecule has 1 aromatic rings. The summed E-state index contributed by atoms with van der Waals surface area (Å²) >= 11 is 0. The third-order valence-corrected chi connectivity index (χ3v) is 3.29. The van der Waals surface area contributed by atoms with Crippen LogP contribution in [0.5, 0.6) is 0 Å². The van der Waals surface area contributed by atoms with Gasteiger partial charge in [0, 0.05) is 26.1 Å². The molecule has 1 aromatic heterocycles. The molecule has 1 aliphatic rings. The molecule has 1 N–H and O–H groups in total. The van der Waals surface area contributed by atoms with Gasteiger partial charge in [0.2, 0.25) is 0 Å². The second-order valence-corrected chi connectivity index (χ2v) is 4.87. The predicted octanol–water partition coefficient (Wildman–Crippen LogP) is 1.81. The van der Waals surface area contributed by atoms with Crippen LogP contribution < -0.4 is 0 Å². The summed E-state index contributed by atoms with van der Waals surface area (Å²) < 4.78 is 11.3. The Morgan fingerprint density at radius 3 is 2.83 bits per heavy atom. The number of nitrogens with zero attached hydrogens (tertiary/aromatic N) is 1. The molecular formula is C14H23NO3. The van der Waals surface area contributed by atoms with Crippen molar-refractivity contribution >= 4 is 0 Å². The van der Waals surface area contributed by atoms with E-state index in [1.807, 2.05) is 19.1 Å². The highest BCUT2D eigenvalue weighted by atomic mass is 16.5. The van der Waals surface area contributed by atoms with Crippen molar-refractivity contribution in [3.05, 3.63) is 23.7 Å². The van der Waals surface area contributed by atoms with Crippen molar-refractivity contribution in [1.82, 2.24) is 4.90 Å². The number of hydrogen-bond acceptors (Lipinski definition) is 4. The molecule has 2 atom stereocenters. The van der Waals surface area contributed by atoms with E-state index in [4.69, 9.17) is 9.15 Å². The van der Waals surface area contributed by atoms with Crippen LogP contribution in [-0.2, 0) is 17.7 Å². The fourth-order valence-corrected chi connectivity index (χ4v) is 2.45. The lowest BCUT2D eigenvalue weighted by molar-refractivity contribution is -0.00247. The molecule has 0 aliphatic carbocycles. The molecule has 0 aromatic carbocycles. The van der Waals surface area contributed by atoms with Crippen molar-refractivity contribution in [3.8, 4) is 0 Å². The maximum atomic E-state index is 9.86. The lowest BCUT2D eigenvalue weighted by Crippen LogP contribution is -2.26. The van der Waals surface area contributed by atoms with Gasteiger partial charge in [0.1, 0.15) is 11.5 Å². The van der Waals surface area contributed by atoms with Crippen molar-refractivity contribution in [1.29, 1.82) is 0 Å². The van der Waals surface area contributed by atoms with Crippen LogP contribution in [0.3, 0.4) is 0 Å². The average molecular weight is 253 g/mol. The second kappa shape index (κ2) is 6.36. The van der Waals surface area contributed by atoms with Gasteiger partial charge in [0.25, 0.3) is 0 Å². The van der Waals surface area contributed by atoms with E-state index >= 15 is 0 Å². The molecular weight excluding hydrogens is 230 g/mol. The first-order valence-electron chi connectivity index (χ1n) is 6.82. The smallest absolute Gasteiger partial charge is 0.118 e. The maximum absolute atomic E-state index is 9.86. The SMILES string of the molecule is CCCc1ccc(CN2C[C@@H](O)[C@H](OCC)C2)o1. The van der Waals surface area contributed by atoms with Crippen molar-refractivity contribution in [3.63, 3.8) is 0 Å². The van der Waals surface area contributed by atoms with Gasteiger partial charge in [-0.25, -0.2) is 0 Å². The van der Waals surface area contributed by atoms with Crippen LogP contribution in [0.4, 0.5) is 0 Å². The average Bonchev–Trinajstić information content (AvgIpc) is 2.89. The zero-order chi connectivity index (χ0) is 13.0. The summed E-state index contributed by atoms with van der Waals surface area (Å²) in [5, 5.41) is 9.86. The van der Waals surface area contributed by atoms with E-state index < -0.39 is 0 Å². The van der Waals surface area contributed by atoms with E-state index in [-0.39, 0.29) is 12.2 Å². The molecule has 1 fully saturated rings. The van der Waals surface area contributed by atoms with Gasteiger partial charge >= 0.3 is 0 Å². The number of β-amino-alcohol motifs (C(OH)–C–C–N with tert-alkyl or cyclic N) is 1. The zero-order valence-corrected chi connectivity index (χ0v) is 11.3. The minimum atomic E-state index is -0.380. The molecule has 1 aliphatic heterocycles. The van der Waals surface area contributed by atoms with Crippen molar-refractivity contribution in [2.45, 2.75) is 45.4 Å². The fourth-order valence-electron chi connectivity index (χ4n) is 2.45. The Morgan fingerprint density at radius 1 is 1.33 bits per heavy atom. The van der Waals surface area contributed by atoms with Gasteiger partial charge in [-0.1, -0.05) is 6.92 Å². The first-order chi connectivity index (χ1) is 8.72. The third-order valence-electron chi connectivity index (χ3n) is 3.29. The first kappa shape index (κ1) is 13.6. The van der Waals surface area contributed by atoms with Gasteiger partial charge in [-0.2, -0.15) is 0 Å². The van der Waals surface area contributed by atoms with Gasteiger partial charge in [-0.05, 0) is 25.5 Å². The molecule has 0 radical (unpaired) electrons. The lowest BCUT2D eigenvalue weighted by Gasteiger charge is -2.14. The van der Waals surface area contributed by atoms with E-state index in [0.29, 0.717) is 13.2 Å². The number of aliphatic hydroxyl groups is 1. The minimum absolute atomic E-state index is 0.0555. The minimum Gasteiger partial charge on any atom is -0.465 e. The molecule has 4 nitrogen and oxygen atoms in total. The Labute approximate surface area is 109 Å². The summed E-state index contributed by atoms with van der Waals surface area (Å²) in [5.74, 6) is 2.02. The van der Waals surface area contributed by atoms with E-state index in [9.17, 15) is 5.11 Å². The molecule has 0 amide bonds. The van der Waals surface area contributed by atoms with E-state index in [1.165, 1.54) is 0 Å². The molecule has 0 saturated carbocycles. The molecule has 2 heterocycles. The van der Waals surface area contributed by atoms with Crippen LogP contribution in [0.25, 0.3) is 0 Å². The molecule has 0 bridgehead atoms. The predicted molar refractivity (Wildman–Crippen MR) is 69.4 cm³/mol. The normalized spacial score (nSPS) is 24.8. The van der Waals surface area contributed by atoms with E-state index in [2.05, 4.69) is 11.8 Å². The van der Waals surface area contributed by atoms with E-state index in [1.54, 1.807) is 0 Å². The summed E-state index contributed by atoms with van der Waals surface area (Å²) in [4.78, 5) is 2.18. The summed E-state index contributed by atoms with van der Waals surface area (Å²) in [6, 6.07) is 4.08. The number of aryl methyl sites for hydroxylation is 1. The number of aliphatic hydroxyl groups excluding tert-OH is 1. The fraction of sp³-hybridized carbons (Fsp3) is 0.714. The summed E-state index contributed by atoms with van der Waals surface area (Å²) in [6.45, 7) is 6.94. The van der Waals surface area contributed by atoms with Crippen LogP contribution in [-0.4, -0.2) is 41.9 Å². The molecule has 18 heavy (non-hydrogen) atoms. The monoisotopic (exact) mass is 253 g/mol. The van der Waals surface area contributed by atoms with Gasteiger partial charge in [-0.3, -0.25) is 4.90 Å². The third kappa shape index (κ3) is 3.34. The Bertz CT molecular complexity index is 364. The summed E-state index contributed by atoms with van der Waals surface area (Å²) in [7, 11) is 0. The Balaban J connectivity index is 1.86. The second-order valence-electron chi connectivity index (χ2n) is 4.87. The van der Waals surface area contributed by atoms with Crippen molar-refractivity contribution < 1.29 is 14.3 Å². The number of rotatable bonds is 6. The largest absolute Gasteiger partial charge is 0.465 e. The highest BCUT2D eigenvalue weighted by Gasteiger charge is 2.31. The number of ether oxygens (including phenoxy) is 1. The van der Waals surface area contributed by atoms with Gasteiger partial charge < -0.3 is 14.3 Å². The topological polar surface area (TPSA) is 45.8 Å². The molecule has 4 heteroatoms. The van der Waals surface area contributed by atoms with Crippen LogP contribution in [0.15, 0.2) is 16.5 Å². The number of furan rings is 1. The standard InChI is InChI=1S/C14H23NO3/c1-3-5-11-6-7-12(18-11)8-15-9-13(16)14(10-15)17-4-2/h6-7,13-14,16H,3-5,8-10H2,1-2H3/t13-,14-/m1/s1. The highest BCUT2D eigenvalue weighted by Crippen LogP contribution is 2.18. The van der Waals surface area contributed by atoms with Gasteiger partial charge in [0.05, 0.1) is 18.8 Å². The van der Waals surface area contributed by atoms with Crippen LogP contribution in [0, 0.1) is 0 Å². The quantitative estimate of drug-likeness (QED) is 0.840. The molecule has 1 saturated heterocycles. The molecule has 0 unspecified atom stereocenters. The maximum Gasteiger partial charge on any atom is 0.118 e. The van der Waals surface area contributed by atoms with Crippen molar-refractivity contribution in [2.24, 2.45) is 0 Å². The Hall–Kier alpha value is -0.840. The Morgan fingerprint density at radius 2 is 2.11 bits per heavy atom. The zero-order valence-electron chi connectivity index (χ0n) is 11.3. The highest BCUT2D eigenvalue weighted by molar-refractivity contribution is 5.07. The summed E-state index contributed by atoms with van der Waals surface area (Å²) in [6.07, 6.45) is 1.65. The molecule has 102 valence electrons. The molecule has 0 spiro atoms. The first-order valence-corrected chi connectivity index (χ1v) is 6.82. The van der Waals surface area contributed by atoms with Crippen LogP contribution in [0.2, 0.25) is 0 Å². The van der Waals surface area contributed by atoms with Crippen molar-refractivity contribution in [2.75, 3.05) is 19.7 Å². The lowest BCUT2D eigenvalue weighted by atomic mass is 10.3. The van der Waals surface area contributed by atoms with E-state index in [0.717, 1.165) is 37.5 Å². The van der Waals surface area contributed by atoms with Crippen LogP contribution >= 0.6 is 0 Å². The number of likely N-dealkylation sites (tertiary alicyclic amines) is 1. The Kier molecular flexibility index (Phi) is 4.80. The summed E-state index contributed by atoms with van der Waals surface area (Å²) in [5.41, 5.74) is 0. The van der Waals surface area contributed by atoms with Gasteiger partial charge in [-0.15, -0.1) is 0 Å². The molecule has 2 rings (SSSR count). The number of hydrogen-bond donors (Lipinski definition) is 1. The van der Waals surface area contributed by atoms with Gasteiger partial charge in [0.15, 0.2) is 0 Å².